The van der Waals surface area contributed by atoms with E-state index in [-0.39, 0.29) is 30.1 Å². The number of hydrogen-bond acceptors (Lipinski definition) is 7. The summed E-state index contributed by atoms with van der Waals surface area (Å²) in [5, 5.41) is 8.38. The van der Waals surface area contributed by atoms with Crippen LogP contribution in [0.1, 0.15) is 63.5 Å². The van der Waals surface area contributed by atoms with E-state index in [1.807, 2.05) is 25.2 Å². The van der Waals surface area contributed by atoms with Gasteiger partial charge in [-0.1, -0.05) is 19.9 Å². The monoisotopic (exact) mass is 588 g/mol. The Labute approximate surface area is 241 Å². The average Bonchev–Trinajstić information content (AvgIpc) is 3.67. The van der Waals surface area contributed by atoms with Crippen LogP contribution in [-0.2, 0) is 17.5 Å². The summed E-state index contributed by atoms with van der Waals surface area (Å²) in [4.78, 5) is 14.3. The highest BCUT2D eigenvalue weighted by Crippen LogP contribution is 2.39. The van der Waals surface area contributed by atoms with Gasteiger partial charge in [-0.25, -0.2) is 13.8 Å². The topological polar surface area (TPSA) is 76.6 Å². The summed E-state index contributed by atoms with van der Waals surface area (Å²) in [6.45, 7) is 12.7. The Morgan fingerprint density at radius 3 is 2.57 bits per heavy atom. The van der Waals surface area contributed by atoms with Gasteiger partial charge in [-0.15, -0.1) is 10.2 Å². The molecule has 42 heavy (non-hydrogen) atoms. The van der Waals surface area contributed by atoms with Crippen LogP contribution in [-0.4, -0.2) is 71.9 Å². The molecule has 0 bridgehead atoms. The van der Waals surface area contributed by atoms with E-state index in [0.29, 0.717) is 36.8 Å². The number of benzene rings is 1. The largest absolute Gasteiger partial charge is 0.419 e. The summed E-state index contributed by atoms with van der Waals surface area (Å²) in [6.07, 6.45) is -0.964. The first kappa shape index (κ1) is 28.8. The molecule has 2 aliphatic heterocycles. The first-order valence-corrected chi connectivity index (χ1v) is 14.5. The maximum Gasteiger partial charge on any atom is 0.419 e. The van der Waals surface area contributed by atoms with Crippen molar-refractivity contribution >= 4 is 22.8 Å². The second-order valence-electron chi connectivity index (χ2n) is 12.0. The Morgan fingerprint density at radius 1 is 1.10 bits per heavy atom. The maximum atomic E-state index is 14.1. The lowest BCUT2D eigenvalue weighted by Gasteiger charge is -2.49. The Bertz CT molecular complexity index is 1590. The summed E-state index contributed by atoms with van der Waals surface area (Å²) in [7, 11) is 0. The molecule has 4 aromatic rings. The first-order valence-electron chi connectivity index (χ1n) is 14.5. The molecule has 5 heterocycles. The zero-order valence-electron chi connectivity index (χ0n) is 24.4. The van der Waals surface area contributed by atoms with Crippen LogP contribution in [0, 0.1) is 18.7 Å². The maximum absolute atomic E-state index is 14.1. The van der Waals surface area contributed by atoms with Crippen molar-refractivity contribution in [2.45, 2.75) is 84.4 Å². The molecule has 0 amide bonds. The van der Waals surface area contributed by atoms with Gasteiger partial charge in [-0.05, 0) is 57.2 Å². The molecule has 0 N–H and O–H groups in total. The Hall–Kier alpha value is -3.32. The minimum atomic E-state index is -4.76. The number of imidazole rings is 1. The molecule has 2 fully saturated rings. The van der Waals surface area contributed by atoms with Crippen LogP contribution in [0.3, 0.4) is 0 Å². The lowest BCUT2D eigenvalue weighted by molar-refractivity contribution is -0.140. The van der Waals surface area contributed by atoms with Crippen LogP contribution in [0.15, 0.2) is 24.5 Å². The number of aryl methyl sites for hydroxylation is 1. The van der Waals surface area contributed by atoms with Crippen molar-refractivity contribution < 1.29 is 22.3 Å². The zero-order chi connectivity index (χ0) is 29.9. The van der Waals surface area contributed by atoms with Crippen LogP contribution >= 0.6 is 0 Å². The third-order valence-corrected chi connectivity index (χ3v) is 8.65. The van der Waals surface area contributed by atoms with Crippen molar-refractivity contribution in [1.82, 2.24) is 34.0 Å². The van der Waals surface area contributed by atoms with Gasteiger partial charge in [0.15, 0.2) is 11.5 Å². The van der Waals surface area contributed by atoms with Crippen LogP contribution in [0.5, 0.6) is 0 Å². The fraction of sp³-hybridized carbons (Fsp3) is 0.586. The van der Waals surface area contributed by atoms with E-state index in [1.165, 1.54) is 6.07 Å². The Balaban J connectivity index is 1.36. The normalized spacial score (nSPS) is 23.1. The van der Waals surface area contributed by atoms with Crippen LogP contribution in [0.25, 0.3) is 16.9 Å². The van der Waals surface area contributed by atoms with Crippen LogP contribution < -0.4 is 4.90 Å². The molecule has 9 nitrogen and oxygen atoms in total. The van der Waals surface area contributed by atoms with Gasteiger partial charge in [-0.2, -0.15) is 18.2 Å². The van der Waals surface area contributed by atoms with Crippen molar-refractivity contribution in [3.8, 4) is 0 Å². The quantitative estimate of drug-likeness (QED) is 0.279. The molecule has 6 rings (SSSR count). The van der Waals surface area contributed by atoms with Gasteiger partial charge in [0.05, 0.1) is 18.2 Å². The number of anilines is 1. The fourth-order valence-corrected chi connectivity index (χ4v) is 6.70. The number of nitrogens with zero attached hydrogens (tertiary/aromatic N) is 8. The molecular formula is C29H36F4N8O. The Morgan fingerprint density at radius 2 is 1.88 bits per heavy atom. The first-order chi connectivity index (χ1) is 19.9. The van der Waals surface area contributed by atoms with E-state index in [9.17, 15) is 17.6 Å². The van der Waals surface area contributed by atoms with Gasteiger partial charge in [0.2, 0.25) is 0 Å². The second-order valence-corrected chi connectivity index (χ2v) is 12.0. The molecule has 2 saturated heterocycles. The van der Waals surface area contributed by atoms with E-state index in [1.54, 1.807) is 6.33 Å². The minimum Gasteiger partial charge on any atom is -0.376 e. The smallest absolute Gasteiger partial charge is 0.376 e. The summed E-state index contributed by atoms with van der Waals surface area (Å²) < 4.78 is 64.8. The van der Waals surface area contributed by atoms with E-state index < -0.39 is 17.6 Å². The fourth-order valence-electron chi connectivity index (χ4n) is 6.70. The highest BCUT2D eigenvalue weighted by molar-refractivity contribution is 5.87. The van der Waals surface area contributed by atoms with Crippen molar-refractivity contribution in [3.05, 3.63) is 47.3 Å². The third kappa shape index (κ3) is 5.00. The molecular weight excluding hydrogens is 552 g/mol. The van der Waals surface area contributed by atoms with Gasteiger partial charge in [-0.3, -0.25) is 4.90 Å². The lowest BCUT2D eigenvalue weighted by atomic mass is 9.90. The summed E-state index contributed by atoms with van der Waals surface area (Å²) in [6, 6.07) is 2.96. The summed E-state index contributed by atoms with van der Waals surface area (Å²) in [5.74, 6) is 0.764. The minimum absolute atomic E-state index is 0.00826. The number of alkyl halides is 3. The van der Waals surface area contributed by atoms with E-state index >= 15 is 0 Å². The summed E-state index contributed by atoms with van der Waals surface area (Å²) >= 11 is 0. The number of piperazine rings is 1. The lowest BCUT2D eigenvalue weighted by Crippen LogP contribution is -2.58. The van der Waals surface area contributed by atoms with E-state index in [4.69, 9.17) is 14.7 Å². The average molecular weight is 589 g/mol. The van der Waals surface area contributed by atoms with Crippen molar-refractivity contribution in [2.24, 2.45) is 5.92 Å². The second kappa shape index (κ2) is 10.7. The van der Waals surface area contributed by atoms with Gasteiger partial charge >= 0.3 is 6.18 Å². The van der Waals surface area contributed by atoms with Crippen molar-refractivity contribution in [1.29, 1.82) is 0 Å². The number of hydrogen-bond donors (Lipinski definition) is 0. The summed E-state index contributed by atoms with van der Waals surface area (Å²) in [5.41, 5.74) is 0.840. The van der Waals surface area contributed by atoms with Gasteiger partial charge in [0.1, 0.15) is 23.5 Å². The highest BCUT2D eigenvalue weighted by atomic mass is 19.4. The molecule has 0 spiro atoms. The van der Waals surface area contributed by atoms with Gasteiger partial charge in [0, 0.05) is 37.8 Å². The number of halogens is 4. The highest BCUT2D eigenvalue weighted by Gasteiger charge is 2.39. The molecule has 13 heteroatoms. The molecule has 0 radical (unpaired) electrons. The van der Waals surface area contributed by atoms with Crippen LogP contribution in [0.4, 0.5) is 23.4 Å². The predicted molar refractivity (Wildman–Crippen MR) is 150 cm³/mol. The number of ether oxygens (including phenoxy) is 1. The van der Waals surface area contributed by atoms with Crippen LogP contribution in [0.2, 0.25) is 0 Å². The number of aromatic nitrogens is 6. The van der Waals surface area contributed by atoms with Gasteiger partial charge in [0.25, 0.3) is 5.78 Å². The number of fused-ring (bicyclic) bond motifs is 3. The standard InChI is InChI=1S/C29H36F4N8O/c1-16(2)25(20-8-9-23(30)22(11-20)29(31,32)33)38-12-18(4)39(13-17(38)3)26-24-27(41-15-34-37-28(41)36-26)40(19(5)35-24)14-21-7-6-10-42-21/h8-9,11,15-18,21,25H,6-7,10,12-14H2,1-5H3/t17-,18+,21?,25?/m1/s1. The Kier molecular flexibility index (Phi) is 7.37. The zero-order valence-corrected chi connectivity index (χ0v) is 24.4. The molecule has 226 valence electrons. The molecule has 2 unspecified atom stereocenters. The number of rotatable bonds is 6. The van der Waals surface area contributed by atoms with E-state index in [0.717, 1.165) is 48.6 Å². The molecule has 4 atom stereocenters. The molecule has 0 aliphatic carbocycles. The van der Waals surface area contributed by atoms with Gasteiger partial charge < -0.3 is 14.2 Å². The molecule has 0 saturated carbocycles. The SMILES string of the molecule is Cc1nc2c(N3C[C@@H](C)N(C(c4ccc(F)c(C(F)(F)F)c4)C(C)C)C[C@@H]3C)nc3nncn3c2n1CC1CCCO1. The van der Waals surface area contributed by atoms with Crippen molar-refractivity contribution in [2.75, 3.05) is 24.6 Å². The molecule has 1 aromatic carbocycles. The molecule has 3 aromatic heterocycles. The van der Waals surface area contributed by atoms with Crippen molar-refractivity contribution in [3.63, 3.8) is 0 Å². The third-order valence-electron chi connectivity index (χ3n) is 8.65. The predicted octanol–water partition coefficient (Wildman–Crippen LogP) is 5.42. The molecule has 2 aliphatic rings. The van der Waals surface area contributed by atoms with E-state index in [2.05, 4.69) is 38.4 Å².